The fraction of sp³-hybridized carbons (Fsp3) is 0.286. The summed E-state index contributed by atoms with van der Waals surface area (Å²) in [6.45, 7) is 7.40. The number of hydrogen-bond donors (Lipinski definition) is 2. The zero-order chi connectivity index (χ0) is 26.9. The smallest absolute Gasteiger partial charge is 0.297 e. The average Bonchev–Trinajstić information content (AvgIpc) is 2.81. The average molecular weight is 511 g/mol. The molecule has 8 heteroatoms. The first kappa shape index (κ1) is 27.4. The van der Waals surface area contributed by atoms with Crippen molar-refractivity contribution in [3.8, 4) is 0 Å². The number of hydrogen-bond acceptors (Lipinski definition) is 7. The molecular weight excluding hydrogens is 480 g/mol. The lowest BCUT2D eigenvalue weighted by Crippen LogP contribution is -2.31. The number of aliphatic hydroxyl groups is 2. The van der Waals surface area contributed by atoms with E-state index in [4.69, 9.17) is 4.18 Å². The molecule has 0 bridgehead atoms. The molecule has 0 saturated carbocycles. The summed E-state index contributed by atoms with van der Waals surface area (Å²) in [6.07, 6.45) is -1.09. The molecule has 2 N–H and O–H groups in total. The number of Topliss-reactive ketones (excluding diaryl/α,β-unsaturated/α-hetero) is 2. The van der Waals surface area contributed by atoms with Gasteiger partial charge in [-0.05, 0) is 57.9 Å². The summed E-state index contributed by atoms with van der Waals surface area (Å²) in [4.78, 5) is 24.8. The topological polar surface area (TPSA) is 118 Å². The molecule has 3 aromatic carbocycles. The van der Waals surface area contributed by atoms with Gasteiger partial charge in [0.15, 0.2) is 11.6 Å². The number of benzene rings is 3. The van der Waals surface area contributed by atoms with Crippen LogP contribution in [0.1, 0.15) is 71.2 Å². The molecule has 0 aromatic heterocycles. The van der Waals surface area contributed by atoms with Gasteiger partial charge >= 0.3 is 0 Å². The highest BCUT2D eigenvalue weighted by Crippen LogP contribution is 2.31. The zero-order valence-electron chi connectivity index (χ0n) is 20.8. The Morgan fingerprint density at radius 3 is 1.39 bits per heavy atom. The van der Waals surface area contributed by atoms with E-state index in [-0.39, 0.29) is 16.0 Å². The van der Waals surface area contributed by atoms with Crippen LogP contribution in [0.15, 0.2) is 77.7 Å². The molecule has 0 amide bonds. The number of carbonyl (C=O) groups is 2. The fourth-order valence-corrected chi connectivity index (χ4v) is 4.57. The van der Waals surface area contributed by atoms with E-state index >= 15 is 0 Å². The van der Waals surface area contributed by atoms with E-state index in [2.05, 4.69) is 0 Å². The standard InChI is InChI=1S/C28H30O7S/c1-18-6-16-23(17-7-18)36(33,34)35-24(19-8-12-21(13-9-19)25(29)27(2,3)31)20-10-14-22(15-11-20)26(30)28(4,5)32/h6-17,24,31-32H,1-5H3. The molecule has 0 unspecified atom stereocenters. The van der Waals surface area contributed by atoms with Crippen LogP contribution in [-0.2, 0) is 14.3 Å². The number of rotatable bonds is 9. The van der Waals surface area contributed by atoms with Crippen LogP contribution in [0.3, 0.4) is 0 Å². The quantitative estimate of drug-likeness (QED) is 0.324. The molecule has 36 heavy (non-hydrogen) atoms. The largest absolute Gasteiger partial charge is 0.382 e. The fourth-order valence-electron chi connectivity index (χ4n) is 3.52. The Balaban J connectivity index is 2.03. The minimum atomic E-state index is -4.19. The highest BCUT2D eigenvalue weighted by molar-refractivity contribution is 7.86. The van der Waals surface area contributed by atoms with Gasteiger partial charge in [-0.3, -0.25) is 13.8 Å². The van der Waals surface area contributed by atoms with Crippen molar-refractivity contribution >= 4 is 21.7 Å². The third kappa shape index (κ3) is 6.33. The number of aryl methyl sites for hydroxylation is 1. The van der Waals surface area contributed by atoms with Crippen molar-refractivity contribution in [2.75, 3.05) is 0 Å². The van der Waals surface area contributed by atoms with E-state index in [9.17, 15) is 28.2 Å². The maximum atomic E-state index is 13.1. The summed E-state index contributed by atoms with van der Waals surface area (Å²) in [5.74, 6) is -0.957. The maximum Gasteiger partial charge on any atom is 0.297 e. The van der Waals surface area contributed by atoms with Gasteiger partial charge in [0, 0.05) is 11.1 Å². The summed E-state index contributed by atoms with van der Waals surface area (Å²) in [5.41, 5.74) is -0.817. The lowest BCUT2D eigenvalue weighted by molar-refractivity contribution is 0.0487. The lowest BCUT2D eigenvalue weighted by Gasteiger charge is -2.21. The van der Waals surface area contributed by atoms with Gasteiger partial charge in [-0.2, -0.15) is 8.42 Å². The van der Waals surface area contributed by atoms with Gasteiger partial charge in [0.05, 0.1) is 4.90 Å². The molecule has 190 valence electrons. The van der Waals surface area contributed by atoms with Gasteiger partial charge in [-0.15, -0.1) is 0 Å². The molecule has 0 heterocycles. The van der Waals surface area contributed by atoms with Crippen molar-refractivity contribution in [1.29, 1.82) is 0 Å². The van der Waals surface area contributed by atoms with Crippen molar-refractivity contribution in [2.45, 2.75) is 56.8 Å². The Bertz CT molecular complexity index is 1270. The molecule has 0 aliphatic rings. The van der Waals surface area contributed by atoms with Crippen LogP contribution >= 0.6 is 0 Å². The molecule has 0 fully saturated rings. The Kier molecular flexibility index (Phi) is 7.66. The first-order chi connectivity index (χ1) is 16.6. The predicted molar refractivity (Wildman–Crippen MR) is 135 cm³/mol. The summed E-state index contributed by atoms with van der Waals surface area (Å²) in [6, 6.07) is 18.5. The van der Waals surface area contributed by atoms with Crippen molar-refractivity contribution in [1.82, 2.24) is 0 Å². The molecule has 0 atom stereocenters. The van der Waals surface area contributed by atoms with E-state index in [0.29, 0.717) is 11.1 Å². The van der Waals surface area contributed by atoms with Crippen LogP contribution in [0.2, 0.25) is 0 Å². The molecule has 0 spiro atoms. The summed E-state index contributed by atoms with van der Waals surface area (Å²) in [7, 11) is -4.19. The van der Waals surface area contributed by atoms with Crippen molar-refractivity contribution in [3.05, 3.63) is 101 Å². The molecule has 0 aliphatic carbocycles. The number of ketones is 2. The molecule has 7 nitrogen and oxygen atoms in total. The van der Waals surface area contributed by atoms with E-state index < -0.39 is 39.0 Å². The first-order valence-corrected chi connectivity index (χ1v) is 12.7. The molecule has 0 radical (unpaired) electrons. The first-order valence-electron chi connectivity index (χ1n) is 11.3. The van der Waals surface area contributed by atoms with Crippen LogP contribution in [-0.4, -0.2) is 41.4 Å². The third-order valence-electron chi connectivity index (χ3n) is 5.60. The van der Waals surface area contributed by atoms with Crippen molar-refractivity contribution in [3.63, 3.8) is 0 Å². The second-order valence-electron chi connectivity index (χ2n) is 9.76. The van der Waals surface area contributed by atoms with Crippen LogP contribution in [0.25, 0.3) is 0 Å². The van der Waals surface area contributed by atoms with Gasteiger partial charge in [-0.1, -0.05) is 66.2 Å². The van der Waals surface area contributed by atoms with Crippen LogP contribution in [0, 0.1) is 6.92 Å². The van der Waals surface area contributed by atoms with Crippen LogP contribution in [0.5, 0.6) is 0 Å². The minimum absolute atomic E-state index is 0.0132. The van der Waals surface area contributed by atoms with E-state index in [1.807, 2.05) is 6.92 Å². The third-order valence-corrected chi connectivity index (χ3v) is 6.89. The van der Waals surface area contributed by atoms with E-state index in [1.54, 1.807) is 36.4 Å². The van der Waals surface area contributed by atoms with Crippen molar-refractivity contribution in [2.24, 2.45) is 0 Å². The Hall–Kier alpha value is -3.17. The minimum Gasteiger partial charge on any atom is -0.382 e. The second kappa shape index (κ2) is 10.1. The maximum absolute atomic E-state index is 13.1. The Morgan fingerprint density at radius 2 is 1.06 bits per heavy atom. The zero-order valence-corrected chi connectivity index (χ0v) is 21.7. The van der Waals surface area contributed by atoms with Gasteiger partial charge in [0.2, 0.25) is 0 Å². The SMILES string of the molecule is Cc1ccc(S(=O)(=O)OC(c2ccc(C(=O)C(C)(C)O)cc2)c2ccc(C(=O)C(C)(C)O)cc2)cc1. The monoisotopic (exact) mass is 510 g/mol. The van der Waals surface area contributed by atoms with Crippen LogP contribution < -0.4 is 0 Å². The van der Waals surface area contributed by atoms with E-state index in [0.717, 1.165) is 5.56 Å². The lowest BCUT2D eigenvalue weighted by atomic mass is 9.93. The summed E-state index contributed by atoms with van der Waals surface area (Å²) >= 11 is 0. The molecule has 3 aromatic rings. The normalized spacial score (nSPS) is 12.6. The highest BCUT2D eigenvalue weighted by Gasteiger charge is 2.29. The molecular formula is C28H30O7S. The Labute approximate surface area is 211 Å². The molecule has 3 rings (SSSR count). The molecule has 0 aliphatic heterocycles. The van der Waals surface area contributed by atoms with Gasteiger partial charge in [-0.25, -0.2) is 0 Å². The van der Waals surface area contributed by atoms with Gasteiger partial charge < -0.3 is 10.2 Å². The number of carbonyl (C=O) groups excluding carboxylic acids is 2. The Morgan fingerprint density at radius 1 is 0.694 bits per heavy atom. The predicted octanol–water partition coefficient (Wildman–Crippen LogP) is 4.40. The highest BCUT2D eigenvalue weighted by atomic mass is 32.2. The summed E-state index contributed by atoms with van der Waals surface area (Å²) < 4.78 is 31.9. The van der Waals surface area contributed by atoms with Crippen molar-refractivity contribution < 1.29 is 32.4 Å². The van der Waals surface area contributed by atoms with Gasteiger partial charge in [0.25, 0.3) is 10.1 Å². The summed E-state index contributed by atoms with van der Waals surface area (Å²) in [5, 5.41) is 20.0. The van der Waals surface area contributed by atoms with Gasteiger partial charge in [0.1, 0.15) is 17.3 Å². The van der Waals surface area contributed by atoms with Crippen LogP contribution in [0.4, 0.5) is 0 Å². The van der Waals surface area contributed by atoms with E-state index in [1.165, 1.54) is 64.1 Å². The molecule has 0 saturated heterocycles. The second-order valence-corrected chi connectivity index (χ2v) is 11.3.